The zero-order chi connectivity index (χ0) is 23.2. The van der Waals surface area contributed by atoms with Gasteiger partial charge in [-0.2, -0.15) is 0 Å². The summed E-state index contributed by atoms with van der Waals surface area (Å²) in [5.41, 5.74) is 0.506. The van der Waals surface area contributed by atoms with Gasteiger partial charge in [0, 0.05) is 15.7 Å². The average molecular weight is 537 g/mol. The monoisotopic (exact) mass is 535 g/mol. The maximum absolute atomic E-state index is 13.1. The van der Waals surface area contributed by atoms with Crippen LogP contribution >= 0.6 is 39.1 Å². The van der Waals surface area contributed by atoms with E-state index < -0.39 is 23.5 Å². The van der Waals surface area contributed by atoms with Crippen LogP contribution in [0.2, 0.25) is 10.0 Å². The summed E-state index contributed by atoms with van der Waals surface area (Å²) in [6.45, 7) is 1.75. The summed E-state index contributed by atoms with van der Waals surface area (Å²) < 4.78 is 11.7. The van der Waals surface area contributed by atoms with Crippen molar-refractivity contribution < 1.29 is 23.8 Å². The second-order valence-electron chi connectivity index (χ2n) is 7.07. The fourth-order valence-electron chi connectivity index (χ4n) is 3.62. The van der Waals surface area contributed by atoms with Crippen molar-refractivity contribution in [3.63, 3.8) is 0 Å². The number of Topliss-reactive ketones (excluding diaryl/α,β-unsaturated/α-hetero) is 1. The number of methoxy groups -OCH3 is 1. The maximum Gasteiger partial charge on any atom is 0.300 e. The molecule has 1 aliphatic heterocycles. The predicted molar refractivity (Wildman–Crippen MR) is 125 cm³/mol. The molecule has 9 heteroatoms. The minimum absolute atomic E-state index is 0.135. The van der Waals surface area contributed by atoms with Crippen LogP contribution in [0, 0.1) is 6.92 Å². The van der Waals surface area contributed by atoms with E-state index >= 15 is 0 Å². The zero-order valence-electron chi connectivity index (χ0n) is 16.9. The lowest BCUT2D eigenvalue weighted by Crippen LogP contribution is -2.29. The average Bonchev–Trinajstić information content (AvgIpc) is 3.29. The van der Waals surface area contributed by atoms with E-state index in [1.54, 1.807) is 43.3 Å². The molecule has 1 aromatic heterocycles. The van der Waals surface area contributed by atoms with Gasteiger partial charge in [-0.25, -0.2) is 0 Å². The van der Waals surface area contributed by atoms with Crippen LogP contribution in [0.5, 0.6) is 5.75 Å². The largest absolute Gasteiger partial charge is 0.507 e. The number of carbonyl (C=O) groups is 2. The van der Waals surface area contributed by atoms with Gasteiger partial charge in [0.05, 0.1) is 22.7 Å². The Bertz CT molecular complexity index is 1240. The van der Waals surface area contributed by atoms with Gasteiger partial charge in [-0.3, -0.25) is 14.5 Å². The predicted octanol–water partition coefficient (Wildman–Crippen LogP) is 6.29. The highest BCUT2D eigenvalue weighted by molar-refractivity contribution is 9.10. The van der Waals surface area contributed by atoms with Crippen LogP contribution in [0.3, 0.4) is 0 Å². The van der Waals surface area contributed by atoms with E-state index in [4.69, 9.17) is 32.4 Å². The minimum atomic E-state index is -0.982. The molecule has 1 fully saturated rings. The quantitative estimate of drug-likeness (QED) is 0.241. The third kappa shape index (κ3) is 3.81. The second kappa shape index (κ2) is 8.65. The van der Waals surface area contributed by atoms with Gasteiger partial charge in [-0.05, 0) is 55.5 Å². The zero-order valence-corrected chi connectivity index (χ0v) is 20.0. The van der Waals surface area contributed by atoms with Crippen LogP contribution in [0.4, 0.5) is 5.69 Å². The van der Waals surface area contributed by atoms with Gasteiger partial charge < -0.3 is 14.3 Å². The molecule has 0 saturated carbocycles. The summed E-state index contributed by atoms with van der Waals surface area (Å²) in [7, 11) is 1.41. The molecule has 0 radical (unpaired) electrons. The first kappa shape index (κ1) is 22.5. The lowest BCUT2D eigenvalue weighted by atomic mass is 9.99. The molecule has 1 amide bonds. The molecule has 32 heavy (non-hydrogen) atoms. The van der Waals surface area contributed by atoms with Gasteiger partial charge in [0.1, 0.15) is 23.3 Å². The minimum Gasteiger partial charge on any atom is -0.507 e. The number of nitrogens with zero attached hydrogens (tertiary/aromatic N) is 1. The summed E-state index contributed by atoms with van der Waals surface area (Å²) in [4.78, 5) is 27.5. The number of aliphatic hydroxyl groups excluding tert-OH is 1. The molecule has 1 N–H and O–H groups in total. The molecule has 6 nitrogen and oxygen atoms in total. The van der Waals surface area contributed by atoms with Crippen molar-refractivity contribution in [1.82, 2.24) is 0 Å². The van der Waals surface area contributed by atoms with E-state index in [-0.39, 0.29) is 26.9 Å². The first-order valence-corrected chi connectivity index (χ1v) is 10.9. The highest BCUT2D eigenvalue weighted by Gasteiger charge is 2.48. The molecule has 4 rings (SSSR count). The van der Waals surface area contributed by atoms with Crippen molar-refractivity contribution in [3.05, 3.63) is 85.7 Å². The molecule has 2 aromatic carbocycles. The number of ether oxygens (including phenoxy) is 1. The van der Waals surface area contributed by atoms with E-state index in [0.717, 1.165) is 4.47 Å². The van der Waals surface area contributed by atoms with Gasteiger partial charge in [0.25, 0.3) is 11.7 Å². The normalized spacial score (nSPS) is 17.8. The molecule has 0 aliphatic carbocycles. The maximum atomic E-state index is 13.1. The molecule has 0 bridgehead atoms. The third-order valence-corrected chi connectivity index (χ3v) is 6.15. The molecular weight excluding hydrogens is 521 g/mol. The summed E-state index contributed by atoms with van der Waals surface area (Å²) in [5.74, 6) is -0.910. The lowest BCUT2D eigenvalue weighted by molar-refractivity contribution is -0.132. The van der Waals surface area contributed by atoms with E-state index in [0.29, 0.717) is 17.2 Å². The van der Waals surface area contributed by atoms with Crippen LogP contribution in [0.15, 0.2) is 63.0 Å². The second-order valence-corrected chi connectivity index (χ2v) is 8.80. The molecule has 1 atom stereocenters. The number of aryl methyl sites for hydroxylation is 1. The van der Waals surface area contributed by atoms with Crippen molar-refractivity contribution in [2.75, 3.05) is 12.0 Å². The highest BCUT2D eigenvalue weighted by atomic mass is 79.9. The Morgan fingerprint density at radius 3 is 2.25 bits per heavy atom. The Labute approximate surface area is 202 Å². The van der Waals surface area contributed by atoms with Gasteiger partial charge in [0.15, 0.2) is 5.75 Å². The van der Waals surface area contributed by atoms with E-state index in [1.807, 2.05) is 0 Å². The van der Waals surface area contributed by atoms with Crippen LogP contribution in [0.1, 0.15) is 23.1 Å². The smallest absolute Gasteiger partial charge is 0.300 e. The van der Waals surface area contributed by atoms with Gasteiger partial charge in [0.2, 0.25) is 0 Å². The molecule has 3 aromatic rings. The van der Waals surface area contributed by atoms with Crippen LogP contribution in [-0.2, 0) is 9.59 Å². The van der Waals surface area contributed by atoms with Gasteiger partial charge in [-0.1, -0.05) is 39.1 Å². The Kier molecular flexibility index (Phi) is 6.07. The van der Waals surface area contributed by atoms with E-state index in [9.17, 15) is 14.7 Å². The molecule has 2 heterocycles. The van der Waals surface area contributed by atoms with E-state index in [1.165, 1.54) is 24.1 Å². The lowest BCUT2D eigenvalue weighted by Gasteiger charge is -2.23. The molecule has 1 saturated heterocycles. The number of hydrogen-bond acceptors (Lipinski definition) is 5. The fourth-order valence-corrected chi connectivity index (χ4v) is 4.52. The fraction of sp³-hybridized carbons (Fsp3) is 0.130. The topological polar surface area (TPSA) is 80.0 Å². The summed E-state index contributed by atoms with van der Waals surface area (Å²) in [6.07, 6.45) is 0. The molecule has 164 valence electrons. The van der Waals surface area contributed by atoms with Crippen molar-refractivity contribution in [2.45, 2.75) is 13.0 Å². The Hall–Kier alpha value is -2.74. The molecular formula is C23H16BrCl2NO5. The molecule has 1 unspecified atom stereocenters. The summed E-state index contributed by atoms with van der Waals surface area (Å²) in [5, 5.41) is 11.4. The Morgan fingerprint density at radius 2 is 1.72 bits per heavy atom. The number of halogens is 3. The number of anilines is 1. The van der Waals surface area contributed by atoms with Crippen molar-refractivity contribution >= 4 is 62.3 Å². The first-order valence-electron chi connectivity index (χ1n) is 9.39. The third-order valence-electron chi connectivity index (χ3n) is 5.06. The molecule has 1 aliphatic rings. The van der Waals surface area contributed by atoms with Crippen molar-refractivity contribution in [1.29, 1.82) is 0 Å². The Balaban J connectivity index is 1.94. The van der Waals surface area contributed by atoms with Crippen LogP contribution < -0.4 is 9.64 Å². The number of rotatable bonds is 4. The van der Waals surface area contributed by atoms with E-state index in [2.05, 4.69) is 15.9 Å². The highest BCUT2D eigenvalue weighted by Crippen LogP contribution is 2.44. The summed E-state index contributed by atoms with van der Waals surface area (Å²) >= 11 is 15.8. The number of benzene rings is 2. The number of hydrogen-bond donors (Lipinski definition) is 1. The van der Waals surface area contributed by atoms with Crippen molar-refractivity contribution in [3.8, 4) is 5.75 Å². The first-order chi connectivity index (χ1) is 15.2. The summed E-state index contributed by atoms with van der Waals surface area (Å²) in [6, 6.07) is 12.1. The number of ketones is 1. The van der Waals surface area contributed by atoms with Crippen molar-refractivity contribution in [2.24, 2.45) is 0 Å². The number of furan rings is 1. The standard InChI is InChI=1S/C23H16BrCl2NO5/c1-11-3-8-17(32-11)19-18(20(28)12-9-15(25)22(31-2)16(26)10-12)21(29)23(30)27(19)14-6-4-13(24)5-7-14/h3-10,19,28H,1-2H3/b20-18-. The van der Waals surface area contributed by atoms with Gasteiger partial charge in [-0.15, -0.1) is 0 Å². The SMILES string of the molecule is COc1c(Cl)cc(/C(O)=C2/C(=O)C(=O)N(c3ccc(Br)cc3)C2c2ccc(C)o2)cc1Cl. The van der Waals surface area contributed by atoms with Crippen LogP contribution in [-0.4, -0.2) is 23.9 Å². The number of amides is 1. The Morgan fingerprint density at radius 1 is 1.09 bits per heavy atom. The number of aliphatic hydroxyl groups is 1. The number of carbonyl (C=O) groups excluding carboxylic acids is 2. The van der Waals surface area contributed by atoms with Crippen LogP contribution in [0.25, 0.3) is 5.76 Å². The molecule has 0 spiro atoms. The van der Waals surface area contributed by atoms with Gasteiger partial charge >= 0.3 is 0 Å².